The molecule has 2 rings (SSSR count). The Morgan fingerprint density at radius 3 is 2.16 bits per heavy atom. The summed E-state index contributed by atoms with van der Waals surface area (Å²) in [6.07, 6.45) is 6.28. The number of carbonyl (C=O) groups excluding carboxylic acids is 2. The minimum Gasteiger partial charge on any atom is -0.478 e. The molecule has 0 unspecified atom stereocenters. The summed E-state index contributed by atoms with van der Waals surface area (Å²) >= 11 is 0. The Balaban J connectivity index is 1.68. The fraction of sp³-hybridized carbons (Fsp3) is 0.400. The highest BCUT2D eigenvalue weighted by molar-refractivity contribution is 5.97. The Morgan fingerprint density at radius 1 is 0.906 bits per heavy atom. The molecule has 0 bridgehead atoms. The highest BCUT2D eigenvalue weighted by Crippen LogP contribution is 2.26. The molecule has 7 heteroatoms. The first-order valence-electron chi connectivity index (χ1n) is 10.8. The third-order valence-electron chi connectivity index (χ3n) is 5.24. The van der Waals surface area contributed by atoms with Crippen molar-refractivity contribution in [1.29, 1.82) is 0 Å². The molecule has 0 atom stereocenters. The van der Waals surface area contributed by atoms with E-state index in [1.165, 1.54) is 24.8 Å². The van der Waals surface area contributed by atoms with Crippen LogP contribution < -0.4 is 10.2 Å². The summed E-state index contributed by atoms with van der Waals surface area (Å²) in [6, 6.07) is 12.2. The number of esters is 1. The van der Waals surface area contributed by atoms with E-state index < -0.39 is 5.97 Å². The molecule has 0 radical (unpaired) electrons. The van der Waals surface area contributed by atoms with Crippen LogP contribution >= 0.6 is 0 Å². The zero-order valence-corrected chi connectivity index (χ0v) is 19.0. The Hall–Kier alpha value is -3.35. The molecule has 7 nitrogen and oxygen atoms in total. The number of carbonyl (C=O) groups is 3. The summed E-state index contributed by atoms with van der Waals surface area (Å²) in [5.41, 5.74) is 3.17. The van der Waals surface area contributed by atoms with Gasteiger partial charge in [0.25, 0.3) is 0 Å². The lowest BCUT2D eigenvalue weighted by molar-refractivity contribution is -0.116. The van der Waals surface area contributed by atoms with Gasteiger partial charge in [-0.1, -0.05) is 31.4 Å². The van der Waals surface area contributed by atoms with Crippen molar-refractivity contribution in [3.05, 3.63) is 59.2 Å². The molecule has 0 aliphatic carbocycles. The third-order valence-corrected chi connectivity index (χ3v) is 5.24. The topological polar surface area (TPSA) is 95.9 Å². The van der Waals surface area contributed by atoms with E-state index in [1.807, 2.05) is 31.1 Å². The molecule has 0 aromatic heterocycles. The van der Waals surface area contributed by atoms with Gasteiger partial charge in [-0.25, -0.2) is 9.59 Å². The maximum Gasteiger partial charge on any atom is 0.337 e. The molecule has 0 heterocycles. The lowest BCUT2D eigenvalue weighted by Crippen LogP contribution is -2.17. The average Bonchev–Trinajstić information content (AvgIpc) is 2.78. The number of nitrogens with one attached hydrogen (secondary N) is 1. The predicted octanol–water partition coefficient (Wildman–Crippen LogP) is 4.76. The Kier molecular flexibility index (Phi) is 9.73. The minimum absolute atomic E-state index is 0.110. The zero-order chi connectivity index (χ0) is 23.5. The number of hydrogen-bond donors (Lipinski definition) is 2. The largest absolute Gasteiger partial charge is 0.478 e. The molecular formula is C25H32N2O5. The molecule has 2 aromatic rings. The lowest BCUT2D eigenvalue weighted by Gasteiger charge is -2.18. The molecule has 32 heavy (non-hydrogen) atoms. The predicted molar refractivity (Wildman–Crippen MR) is 126 cm³/mol. The Bertz CT molecular complexity index is 922. The van der Waals surface area contributed by atoms with Crippen LogP contribution in [0.3, 0.4) is 0 Å². The first kappa shape index (κ1) is 24.9. The van der Waals surface area contributed by atoms with Crippen molar-refractivity contribution in [3.63, 3.8) is 0 Å². The normalized spacial score (nSPS) is 10.5. The number of aromatic carboxylic acids is 1. The van der Waals surface area contributed by atoms with Gasteiger partial charge in [-0.05, 0) is 55.2 Å². The zero-order valence-electron chi connectivity index (χ0n) is 19.0. The number of nitrogens with zero attached hydrogens (tertiary/aromatic N) is 1. The van der Waals surface area contributed by atoms with Crippen molar-refractivity contribution in [2.24, 2.45) is 0 Å². The summed E-state index contributed by atoms with van der Waals surface area (Å²) in [5.74, 6) is -1.46. The molecule has 0 saturated carbocycles. The molecule has 2 aromatic carbocycles. The summed E-state index contributed by atoms with van der Waals surface area (Å²) in [5, 5.41) is 12.0. The summed E-state index contributed by atoms with van der Waals surface area (Å²) in [6.45, 7) is 0. The van der Waals surface area contributed by atoms with Gasteiger partial charge in [0.1, 0.15) is 0 Å². The van der Waals surface area contributed by atoms with Gasteiger partial charge in [0, 0.05) is 20.5 Å². The van der Waals surface area contributed by atoms with Gasteiger partial charge < -0.3 is 20.1 Å². The van der Waals surface area contributed by atoms with E-state index in [2.05, 4.69) is 5.32 Å². The van der Waals surface area contributed by atoms with Gasteiger partial charge in [0.2, 0.25) is 5.91 Å². The van der Waals surface area contributed by atoms with Crippen LogP contribution in [0.1, 0.15) is 64.8 Å². The standard InChI is InChI=1S/C25H32N2O5/c1-27(2)22-16-15-20(24(29)30)17-21(22)26-23(28)10-8-6-4-5-7-9-18-11-13-19(14-12-18)25(31)32-3/h11-17H,4-10H2,1-3H3,(H,26,28)(H,29,30). The number of unbranched alkanes of at least 4 members (excludes halogenated alkanes) is 4. The van der Waals surface area contributed by atoms with Crippen LogP contribution in [0.25, 0.3) is 0 Å². The second-order valence-corrected chi connectivity index (χ2v) is 7.94. The quantitative estimate of drug-likeness (QED) is 0.365. The van der Waals surface area contributed by atoms with Crippen molar-refractivity contribution < 1.29 is 24.2 Å². The average molecular weight is 441 g/mol. The second kappa shape index (κ2) is 12.5. The van der Waals surface area contributed by atoms with Crippen LogP contribution in [0, 0.1) is 0 Å². The summed E-state index contributed by atoms with van der Waals surface area (Å²) in [7, 11) is 5.07. The number of amides is 1. The van der Waals surface area contributed by atoms with E-state index in [1.54, 1.807) is 18.2 Å². The van der Waals surface area contributed by atoms with Crippen molar-refractivity contribution in [1.82, 2.24) is 0 Å². The molecule has 0 saturated heterocycles. The van der Waals surface area contributed by atoms with Gasteiger partial charge in [0.05, 0.1) is 29.6 Å². The summed E-state index contributed by atoms with van der Waals surface area (Å²) in [4.78, 5) is 36.8. The molecule has 0 spiro atoms. The van der Waals surface area contributed by atoms with Crippen LogP contribution in [0.5, 0.6) is 0 Å². The number of rotatable bonds is 12. The van der Waals surface area contributed by atoms with Gasteiger partial charge in [-0.3, -0.25) is 4.79 Å². The van der Waals surface area contributed by atoms with Crippen LogP contribution in [-0.2, 0) is 16.0 Å². The first-order chi connectivity index (χ1) is 15.3. The van der Waals surface area contributed by atoms with E-state index in [4.69, 9.17) is 4.74 Å². The SMILES string of the molecule is COC(=O)c1ccc(CCCCCCCC(=O)Nc2cc(C(=O)O)ccc2N(C)C)cc1. The maximum absolute atomic E-state index is 12.3. The number of ether oxygens (including phenoxy) is 1. The Morgan fingerprint density at radius 2 is 1.53 bits per heavy atom. The smallest absolute Gasteiger partial charge is 0.337 e. The van der Waals surface area contributed by atoms with Crippen molar-refractivity contribution >= 4 is 29.2 Å². The molecule has 0 aliphatic rings. The van der Waals surface area contributed by atoms with E-state index in [0.717, 1.165) is 44.2 Å². The van der Waals surface area contributed by atoms with E-state index in [-0.39, 0.29) is 17.4 Å². The first-order valence-corrected chi connectivity index (χ1v) is 10.8. The van der Waals surface area contributed by atoms with Gasteiger partial charge in [-0.15, -0.1) is 0 Å². The number of methoxy groups -OCH3 is 1. The molecular weight excluding hydrogens is 408 g/mol. The number of carboxylic acid groups (broad SMARTS) is 1. The number of hydrogen-bond acceptors (Lipinski definition) is 5. The molecule has 0 fully saturated rings. The van der Waals surface area contributed by atoms with Crippen molar-refractivity contribution in [3.8, 4) is 0 Å². The van der Waals surface area contributed by atoms with Gasteiger partial charge in [-0.2, -0.15) is 0 Å². The van der Waals surface area contributed by atoms with Crippen molar-refractivity contribution in [2.45, 2.75) is 44.9 Å². The molecule has 0 aliphatic heterocycles. The number of carboxylic acids is 1. The molecule has 1 amide bonds. The van der Waals surface area contributed by atoms with Crippen LogP contribution in [-0.4, -0.2) is 44.2 Å². The highest BCUT2D eigenvalue weighted by atomic mass is 16.5. The monoisotopic (exact) mass is 440 g/mol. The number of benzene rings is 2. The van der Waals surface area contributed by atoms with Crippen LogP contribution in [0.15, 0.2) is 42.5 Å². The highest BCUT2D eigenvalue weighted by Gasteiger charge is 2.12. The summed E-state index contributed by atoms with van der Waals surface area (Å²) < 4.78 is 4.70. The molecule has 172 valence electrons. The fourth-order valence-electron chi connectivity index (χ4n) is 3.44. The third kappa shape index (κ3) is 7.72. The van der Waals surface area contributed by atoms with Crippen LogP contribution in [0.4, 0.5) is 11.4 Å². The van der Waals surface area contributed by atoms with E-state index in [0.29, 0.717) is 17.7 Å². The van der Waals surface area contributed by atoms with Gasteiger partial charge >= 0.3 is 11.9 Å². The fourth-order valence-corrected chi connectivity index (χ4v) is 3.44. The minimum atomic E-state index is -1.02. The molecule has 2 N–H and O–H groups in total. The lowest BCUT2D eigenvalue weighted by atomic mass is 10.0. The maximum atomic E-state index is 12.3. The number of aryl methyl sites for hydroxylation is 1. The number of anilines is 2. The second-order valence-electron chi connectivity index (χ2n) is 7.94. The van der Waals surface area contributed by atoms with Crippen molar-refractivity contribution in [2.75, 3.05) is 31.4 Å². The van der Waals surface area contributed by atoms with E-state index >= 15 is 0 Å². The Labute approximate surface area is 189 Å². The van der Waals surface area contributed by atoms with Gasteiger partial charge in [0.15, 0.2) is 0 Å². The van der Waals surface area contributed by atoms with E-state index in [9.17, 15) is 19.5 Å². The van der Waals surface area contributed by atoms with Crippen LogP contribution in [0.2, 0.25) is 0 Å².